The van der Waals surface area contributed by atoms with Crippen LogP contribution in [0.5, 0.6) is 0 Å². The number of rotatable bonds is 7. The van der Waals surface area contributed by atoms with Gasteiger partial charge in [0, 0.05) is 13.1 Å². The van der Waals surface area contributed by atoms with Gasteiger partial charge < -0.3 is 5.32 Å². The number of sulfonamides is 1. The second-order valence-electron chi connectivity index (χ2n) is 5.07. The molecule has 0 aliphatic rings. The molecule has 0 heterocycles. The van der Waals surface area contributed by atoms with E-state index in [1.807, 2.05) is 40.0 Å². The summed E-state index contributed by atoms with van der Waals surface area (Å²) in [5.74, 6) is 0.292. The summed E-state index contributed by atoms with van der Waals surface area (Å²) in [4.78, 5) is 0.406. The Morgan fingerprint density at radius 2 is 1.95 bits per heavy atom. The van der Waals surface area contributed by atoms with Crippen molar-refractivity contribution in [2.24, 2.45) is 5.92 Å². The van der Waals surface area contributed by atoms with Gasteiger partial charge in [0.25, 0.3) is 0 Å². The molecule has 0 saturated carbocycles. The molecule has 4 nitrogen and oxygen atoms in total. The molecule has 0 aliphatic carbocycles. The minimum Gasteiger partial charge on any atom is -0.316 e. The van der Waals surface area contributed by atoms with E-state index in [2.05, 4.69) is 10.0 Å². The molecule has 1 aromatic rings. The molecule has 1 aromatic carbocycles. The summed E-state index contributed by atoms with van der Waals surface area (Å²) in [5, 5.41) is 3.04. The van der Waals surface area contributed by atoms with Gasteiger partial charge in [-0.05, 0) is 36.6 Å². The predicted octanol–water partition coefficient (Wildman–Crippen LogP) is 1.90. The van der Waals surface area contributed by atoms with E-state index in [0.29, 0.717) is 30.3 Å². The molecule has 108 valence electrons. The monoisotopic (exact) mass is 284 g/mol. The third kappa shape index (κ3) is 4.60. The molecule has 0 unspecified atom stereocenters. The number of hydrogen-bond donors (Lipinski definition) is 2. The number of nitrogens with one attached hydrogen (secondary N) is 2. The van der Waals surface area contributed by atoms with Crippen LogP contribution < -0.4 is 10.0 Å². The van der Waals surface area contributed by atoms with Crippen molar-refractivity contribution in [3.63, 3.8) is 0 Å². The smallest absolute Gasteiger partial charge is 0.240 e. The van der Waals surface area contributed by atoms with E-state index < -0.39 is 10.0 Å². The number of aryl methyl sites for hydroxylation is 1. The van der Waals surface area contributed by atoms with Crippen LogP contribution in [0.1, 0.15) is 31.9 Å². The fourth-order valence-electron chi connectivity index (χ4n) is 1.81. The molecule has 0 saturated heterocycles. The van der Waals surface area contributed by atoms with E-state index >= 15 is 0 Å². The SMILES string of the molecule is CCc1ccc(CNC)cc1S(=O)(=O)NCC(C)C. The van der Waals surface area contributed by atoms with Gasteiger partial charge in [-0.2, -0.15) is 0 Å². The van der Waals surface area contributed by atoms with Crippen LogP contribution in [0, 0.1) is 5.92 Å². The second-order valence-corrected chi connectivity index (χ2v) is 6.81. The highest BCUT2D eigenvalue weighted by Crippen LogP contribution is 2.18. The number of benzene rings is 1. The van der Waals surface area contributed by atoms with Gasteiger partial charge in [0.15, 0.2) is 0 Å². The Labute approximate surface area is 116 Å². The summed E-state index contributed by atoms with van der Waals surface area (Å²) in [6.45, 7) is 7.06. The third-order valence-electron chi connectivity index (χ3n) is 2.86. The van der Waals surface area contributed by atoms with Crippen molar-refractivity contribution in [1.29, 1.82) is 0 Å². The van der Waals surface area contributed by atoms with Crippen molar-refractivity contribution in [2.45, 2.75) is 38.6 Å². The summed E-state index contributed by atoms with van der Waals surface area (Å²) in [5.41, 5.74) is 1.83. The highest BCUT2D eigenvalue weighted by atomic mass is 32.2. The Morgan fingerprint density at radius 3 is 2.47 bits per heavy atom. The first-order valence-corrected chi connectivity index (χ1v) is 8.15. The van der Waals surface area contributed by atoms with Crippen LogP contribution >= 0.6 is 0 Å². The fraction of sp³-hybridized carbons (Fsp3) is 0.571. The number of hydrogen-bond acceptors (Lipinski definition) is 3. The van der Waals surface area contributed by atoms with Gasteiger partial charge in [0.05, 0.1) is 4.90 Å². The standard InChI is InChI=1S/C14H24N2O2S/c1-5-13-7-6-12(10-15-4)8-14(13)19(17,18)16-9-11(2)3/h6-8,11,15-16H,5,9-10H2,1-4H3. The second kappa shape index (κ2) is 7.03. The predicted molar refractivity (Wildman–Crippen MR) is 78.6 cm³/mol. The van der Waals surface area contributed by atoms with E-state index in [1.165, 1.54) is 0 Å². The summed E-state index contributed by atoms with van der Waals surface area (Å²) in [6, 6.07) is 5.63. The topological polar surface area (TPSA) is 58.2 Å². The third-order valence-corrected chi connectivity index (χ3v) is 4.37. The molecule has 0 fully saturated rings. The van der Waals surface area contributed by atoms with Crippen molar-refractivity contribution < 1.29 is 8.42 Å². The lowest BCUT2D eigenvalue weighted by atomic mass is 10.1. The Morgan fingerprint density at radius 1 is 1.26 bits per heavy atom. The van der Waals surface area contributed by atoms with Crippen molar-refractivity contribution in [3.8, 4) is 0 Å². The Bertz CT molecular complexity index is 510. The lowest BCUT2D eigenvalue weighted by molar-refractivity contribution is 0.559. The van der Waals surface area contributed by atoms with Gasteiger partial charge in [-0.3, -0.25) is 0 Å². The zero-order valence-corrected chi connectivity index (χ0v) is 13.0. The fourth-order valence-corrected chi connectivity index (χ4v) is 3.38. The molecule has 0 radical (unpaired) electrons. The molecule has 1 rings (SSSR count). The van der Waals surface area contributed by atoms with Gasteiger partial charge in [-0.15, -0.1) is 0 Å². The molecule has 0 aromatic heterocycles. The maximum Gasteiger partial charge on any atom is 0.240 e. The van der Waals surface area contributed by atoms with E-state index in [-0.39, 0.29) is 0 Å². The van der Waals surface area contributed by atoms with Crippen molar-refractivity contribution >= 4 is 10.0 Å². The molecular weight excluding hydrogens is 260 g/mol. The van der Waals surface area contributed by atoms with Crippen LogP contribution in [0.4, 0.5) is 0 Å². The van der Waals surface area contributed by atoms with E-state index in [9.17, 15) is 8.42 Å². The van der Waals surface area contributed by atoms with Crippen molar-refractivity contribution in [2.75, 3.05) is 13.6 Å². The zero-order valence-electron chi connectivity index (χ0n) is 12.2. The molecule has 0 amide bonds. The van der Waals surface area contributed by atoms with Crippen LogP contribution in [0.3, 0.4) is 0 Å². The lowest BCUT2D eigenvalue weighted by Crippen LogP contribution is -2.28. The van der Waals surface area contributed by atoms with Crippen LogP contribution in [-0.2, 0) is 23.0 Å². The quantitative estimate of drug-likeness (QED) is 0.804. The lowest BCUT2D eigenvalue weighted by Gasteiger charge is -2.13. The van der Waals surface area contributed by atoms with Gasteiger partial charge >= 0.3 is 0 Å². The maximum atomic E-state index is 12.3. The highest BCUT2D eigenvalue weighted by molar-refractivity contribution is 7.89. The largest absolute Gasteiger partial charge is 0.316 e. The van der Waals surface area contributed by atoms with Crippen LogP contribution in [0.15, 0.2) is 23.1 Å². The van der Waals surface area contributed by atoms with Gasteiger partial charge in [-0.1, -0.05) is 32.9 Å². The molecule has 0 spiro atoms. The molecule has 19 heavy (non-hydrogen) atoms. The summed E-state index contributed by atoms with van der Waals surface area (Å²) in [7, 11) is -1.57. The minimum atomic E-state index is -3.42. The molecule has 0 bridgehead atoms. The average molecular weight is 284 g/mol. The molecule has 2 N–H and O–H groups in total. The summed E-state index contributed by atoms with van der Waals surface area (Å²) < 4.78 is 27.4. The summed E-state index contributed by atoms with van der Waals surface area (Å²) >= 11 is 0. The Hall–Kier alpha value is -0.910. The maximum absolute atomic E-state index is 12.3. The van der Waals surface area contributed by atoms with Crippen molar-refractivity contribution in [3.05, 3.63) is 29.3 Å². The summed E-state index contributed by atoms with van der Waals surface area (Å²) in [6.07, 6.45) is 0.706. The van der Waals surface area contributed by atoms with E-state index in [4.69, 9.17) is 0 Å². The molecular formula is C14H24N2O2S. The van der Waals surface area contributed by atoms with Crippen LogP contribution in [0.25, 0.3) is 0 Å². The van der Waals surface area contributed by atoms with Gasteiger partial charge in [-0.25, -0.2) is 13.1 Å². The van der Waals surface area contributed by atoms with E-state index in [1.54, 1.807) is 6.07 Å². The van der Waals surface area contributed by atoms with Crippen LogP contribution in [0.2, 0.25) is 0 Å². The van der Waals surface area contributed by atoms with Gasteiger partial charge in [0.1, 0.15) is 0 Å². The Balaban J connectivity index is 3.11. The van der Waals surface area contributed by atoms with Crippen LogP contribution in [-0.4, -0.2) is 22.0 Å². The first-order valence-electron chi connectivity index (χ1n) is 6.66. The zero-order chi connectivity index (χ0) is 14.5. The van der Waals surface area contributed by atoms with Crippen molar-refractivity contribution in [1.82, 2.24) is 10.0 Å². The first-order chi connectivity index (χ1) is 8.90. The highest BCUT2D eigenvalue weighted by Gasteiger charge is 2.18. The Kier molecular flexibility index (Phi) is 5.97. The first kappa shape index (κ1) is 16.1. The molecule has 5 heteroatoms. The van der Waals surface area contributed by atoms with E-state index in [0.717, 1.165) is 11.1 Å². The molecule has 0 aliphatic heterocycles. The molecule has 0 atom stereocenters. The average Bonchev–Trinajstić information content (AvgIpc) is 2.37. The normalized spacial score (nSPS) is 12.1. The van der Waals surface area contributed by atoms with Gasteiger partial charge in [0.2, 0.25) is 10.0 Å². The minimum absolute atomic E-state index is 0.292.